The lowest BCUT2D eigenvalue weighted by molar-refractivity contribution is 0.822. The molecule has 0 aliphatic rings. The second-order valence-electron chi connectivity index (χ2n) is 5.60. The first-order chi connectivity index (χ1) is 9.61. The summed E-state index contributed by atoms with van der Waals surface area (Å²) in [6.45, 7) is 9.63. The Morgan fingerprint density at radius 3 is 2.50 bits per heavy atom. The summed E-state index contributed by atoms with van der Waals surface area (Å²) in [4.78, 5) is 4.57. The molecule has 1 aromatic carbocycles. The standard InChI is InChI=1S/C17H25N3/c1-5-6-11-18-17-19-14(4)12-20(17)16-9-7-15(8-10-16)13(2)3/h7-10,12-13H,5-6,11H2,1-4H3,(H,18,19). The van der Waals surface area contributed by atoms with Crippen LogP contribution >= 0.6 is 0 Å². The van der Waals surface area contributed by atoms with Crippen LogP contribution in [-0.2, 0) is 0 Å². The summed E-state index contributed by atoms with van der Waals surface area (Å²) in [5.74, 6) is 1.50. The Labute approximate surface area is 122 Å². The van der Waals surface area contributed by atoms with Gasteiger partial charge >= 0.3 is 0 Å². The van der Waals surface area contributed by atoms with Gasteiger partial charge in [-0.15, -0.1) is 0 Å². The van der Waals surface area contributed by atoms with E-state index in [1.54, 1.807) is 0 Å². The van der Waals surface area contributed by atoms with Crippen molar-refractivity contribution in [1.82, 2.24) is 9.55 Å². The molecular formula is C17H25N3. The highest BCUT2D eigenvalue weighted by molar-refractivity contribution is 5.44. The zero-order chi connectivity index (χ0) is 14.5. The quantitative estimate of drug-likeness (QED) is 0.783. The molecule has 0 spiro atoms. The van der Waals surface area contributed by atoms with E-state index < -0.39 is 0 Å². The van der Waals surface area contributed by atoms with Gasteiger partial charge in [-0.25, -0.2) is 4.98 Å². The van der Waals surface area contributed by atoms with E-state index in [9.17, 15) is 0 Å². The van der Waals surface area contributed by atoms with E-state index in [1.807, 2.05) is 6.92 Å². The summed E-state index contributed by atoms with van der Waals surface area (Å²) in [7, 11) is 0. The Balaban J connectivity index is 2.22. The number of aromatic nitrogens is 2. The van der Waals surface area contributed by atoms with Crippen molar-refractivity contribution in [1.29, 1.82) is 0 Å². The molecule has 0 saturated heterocycles. The molecule has 0 unspecified atom stereocenters. The van der Waals surface area contributed by atoms with Crippen molar-refractivity contribution in [2.45, 2.75) is 46.5 Å². The number of nitrogens with one attached hydrogen (secondary N) is 1. The number of hydrogen-bond acceptors (Lipinski definition) is 2. The highest BCUT2D eigenvalue weighted by Crippen LogP contribution is 2.20. The molecule has 0 saturated carbocycles. The maximum absolute atomic E-state index is 4.57. The van der Waals surface area contributed by atoms with Crippen molar-refractivity contribution < 1.29 is 0 Å². The van der Waals surface area contributed by atoms with Crippen LogP contribution in [0, 0.1) is 6.92 Å². The highest BCUT2D eigenvalue weighted by Gasteiger charge is 2.07. The van der Waals surface area contributed by atoms with Crippen LogP contribution in [0.3, 0.4) is 0 Å². The zero-order valence-electron chi connectivity index (χ0n) is 13.0. The molecule has 0 aliphatic heterocycles. The van der Waals surface area contributed by atoms with Gasteiger partial charge in [0.25, 0.3) is 0 Å². The summed E-state index contributed by atoms with van der Waals surface area (Å²) in [5.41, 5.74) is 3.57. The van der Waals surface area contributed by atoms with Gasteiger partial charge < -0.3 is 5.32 Å². The van der Waals surface area contributed by atoms with Crippen LogP contribution in [-0.4, -0.2) is 16.1 Å². The molecule has 2 aromatic rings. The predicted molar refractivity (Wildman–Crippen MR) is 85.8 cm³/mol. The van der Waals surface area contributed by atoms with Crippen LogP contribution in [0.5, 0.6) is 0 Å². The monoisotopic (exact) mass is 271 g/mol. The minimum absolute atomic E-state index is 0.565. The van der Waals surface area contributed by atoms with Crippen molar-refractivity contribution >= 4 is 5.95 Å². The van der Waals surface area contributed by atoms with Gasteiger partial charge in [0.05, 0.1) is 5.69 Å². The van der Waals surface area contributed by atoms with Gasteiger partial charge in [0, 0.05) is 18.4 Å². The largest absolute Gasteiger partial charge is 0.355 e. The normalized spacial score (nSPS) is 11.1. The fourth-order valence-corrected chi connectivity index (χ4v) is 2.22. The number of anilines is 1. The average molecular weight is 271 g/mol. The Bertz CT molecular complexity index is 538. The zero-order valence-corrected chi connectivity index (χ0v) is 13.0. The van der Waals surface area contributed by atoms with E-state index in [0.29, 0.717) is 5.92 Å². The molecule has 1 N–H and O–H groups in total. The third-order valence-electron chi connectivity index (χ3n) is 3.48. The van der Waals surface area contributed by atoms with Gasteiger partial charge in [0.1, 0.15) is 0 Å². The third-order valence-corrected chi connectivity index (χ3v) is 3.48. The number of hydrogen-bond donors (Lipinski definition) is 1. The van der Waals surface area contributed by atoms with Crippen molar-refractivity contribution in [3.05, 3.63) is 41.7 Å². The second kappa shape index (κ2) is 6.60. The summed E-state index contributed by atoms with van der Waals surface area (Å²) < 4.78 is 2.13. The third kappa shape index (κ3) is 3.41. The lowest BCUT2D eigenvalue weighted by atomic mass is 10.0. The minimum atomic E-state index is 0.565. The molecule has 0 atom stereocenters. The summed E-state index contributed by atoms with van der Waals surface area (Å²) >= 11 is 0. The maximum atomic E-state index is 4.57. The Morgan fingerprint density at radius 1 is 1.20 bits per heavy atom. The molecule has 3 heteroatoms. The summed E-state index contributed by atoms with van der Waals surface area (Å²) in [6, 6.07) is 8.74. The smallest absolute Gasteiger partial charge is 0.207 e. The van der Waals surface area contributed by atoms with Gasteiger partial charge in [-0.1, -0.05) is 39.3 Å². The van der Waals surface area contributed by atoms with Gasteiger partial charge in [-0.05, 0) is 37.0 Å². The van der Waals surface area contributed by atoms with E-state index in [-0.39, 0.29) is 0 Å². The molecule has 0 fully saturated rings. The first-order valence-corrected chi connectivity index (χ1v) is 7.52. The fraction of sp³-hybridized carbons (Fsp3) is 0.471. The van der Waals surface area contributed by atoms with E-state index in [4.69, 9.17) is 0 Å². The lowest BCUT2D eigenvalue weighted by Gasteiger charge is -2.11. The number of nitrogens with zero attached hydrogens (tertiary/aromatic N) is 2. The van der Waals surface area contributed by atoms with Crippen molar-refractivity contribution in [2.24, 2.45) is 0 Å². The van der Waals surface area contributed by atoms with Gasteiger partial charge in [-0.2, -0.15) is 0 Å². The topological polar surface area (TPSA) is 29.9 Å². The molecular weight excluding hydrogens is 246 g/mol. The molecule has 0 radical (unpaired) electrons. The molecule has 20 heavy (non-hydrogen) atoms. The van der Waals surface area contributed by atoms with Gasteiger partial charge in [0.15, 0.2) is 0 Å². The van der Waals surface area contributed by atoms with Gasteiger partial charge in [-0.3, -0.25) is 4.57 Å². The summed E-state index contributed by atoms with van der Waals surface area (Å²) in [5, 5.41) is 3.42. The predicted octanol–water partition coefficient (Wildman–Crippen LogP) is 4.52. The molecule has 1 aromatic heterocycles. The first kappa shape index (κ1) is 14.6. The molecule has 108 valence electrons. The second-order valence-corrected chi connectivity index (χ2v) is 5.60. The number of unbranched alkanes of at least 4 members (excludes halogenated alkanes) is 1. The summed E-state index contributed by atoms with van der Waals surface area (Å²) in [6.07, 6.45) is 4.44. The maximum Gasteiger partial charge on any atom is 0.207 e. The van der Waals surface area contributed by atoms with E-state index >= 15 is 0 Å². The van der Waals surface area contributed by atoms with Crippen LogP contribution in [0.2, 0.25) is 0 Å². The molecule has 0 bridgehead atoms. The number of imidazole rings is 1. The Kier molecular flexibility index (Phi) is 4.83. The minimum Gasteiger partial charge on any atom is -0.355 e. The average Bonchev–Trinajstić information content (AvgIpc) is 2.80. The molecule has 0 aliphatic carbocycles. The van der Waals surface area contributed by atoms with Crippen LogP contribution in [0.25, 0.3) is 5.69 Å². The van der Waals surface area contributed by atoms with Crippen molar-refractivity contribution in [2.75, 3.05) is 11.9 Å². The number of aryl methyl sites for hydroxylation is 1. The fourth-order valence-electron chi connectivity index (χ4n) is 2.22. The SMILES string of the molecule is CCCCNc1nc(C)cn1-c1ccc(C(C)C)cc1. The van der Waals surface area contributed by atoms with Crippen molar-refractivity contribution in [3.63, 3.8) is 0 Å². The molecule has 1 heterocycles. The van der Waals surface area contributed by atoms with Gasteiger partial charge in [0.2, 0.25) is 5.95 Å². The van der Waals surface area contributed by atoms with Crippen LogP contribution in [0.1, 0.15) is 50.8 Å². The number of rotatable bonds is 6. The van der Waals surface area contributed by atoms with Crippen LogP contribution in [0.4, 0.5) is 5.95 Å². The first-order valence-electron chi connectivity index (χ1n) is 7.52. The van der Waals surface area contributed by atoms with Crippen LogP contribution in [0.15, 0.2) is 30.5 Å². The Morgan fingerprint density at radius 2 is 1.90 bits per heavy atom. The molecule has 0 amide bonds. The lowest BCUT2D eigenvalue weighted by Crippen LogP contribution is -2.07. The van der Waals surface area contributed by atoms with Crippen LogP contribution < -0.4 is 5.32 Å². The van der Waals surface area contributed by atoms with Crippen molar-refractivity contribution in [3.8, 4) is 5.69 Å². The molecule has 3 nitrogen and oxygen atoms in total. The highest BCUT2D eigenvalue weighted by atomic mass is 15.2. The Hall–Kier alpha value is -1.77. The number of benzene rings is 1. The van der Waals surface area contributed by atoms with E-state index in [0.717, 1.165) is 30.3 Å². The van der Waals surface area contributed by atoms with E-state index in [1.165, 1.54) is 12.0 Å². The molecule has 2 rings (SSSR count). The van der Waals surface area contributed by atoms with E-state index in [2.05, 4.69) is 66.1 Å².